The van der Waals surface area contributed by atoms with Crippen molar-refractivity contribution in [3.8, 4) is 5.75 Å². The number of morpholine rings is 1. The van der Waals surface area contributed by atoms with Crippen LogP contribution in [0.15, 0.2) is 18.2 Å². The van der Waals surface area contributed by atoms with Crippen LogP contribution in [0.5, 0.6) is 5.75 Å². The SMILES string of the molecule is CC[C@H](Oc1ccc2c(c1)CCC2)C(=O)N1C[C@@H](C)O[C@@H](C)C1. The molecule has 0 radical (unpaired) electrons. The van der Waals surface area contributed by atoms with Crippen LogP contribution in [-0.2, 0) is 22.4 Å². The lowest BCUT2D eigenvalue weighted by Crippen LogP contribution is -2.52. The molecule has 3 rings (SSSR count). The molecule has 23 heavy (non-hydrogen) atoms. The lowest BCUT2D eigenvalue weighted by molar-refractivity contribution is -0.150. The second-order valence-corrected chi connectivity index (χ2v) is 6.80. The molecular weight excluding hydrogens is 290 g/mol. The van der Waals surface area contributed by atoms with Gasteiger partial charge in [0, 0.05) is 13.1 Å². The third kappa shape index (κ3) is 3.69. The maximum Gasteiger partial charge on any atom is 0.263 e. The molecule has 1 aromatic carbocycles. The highest BCUT2D eigenvalue weighted by Gasteiger charge is 2.31. The Hall–Kier alpha value is -1.55. The van der Waals surface area contributed by atoms with Gasteiger partial charge < -0.3 is 14.4 Å². The maximum absolute atomic E-state index is 12.8. The molecule has 2 aliphatic rings. The molecule has 1 saturated heterocycles. The van der Waals surface area contributed by atoms with Gasteiger partial charge >= 0.3 is 0 Å². The third-order valence-corrected chi connectivity index (χ3v) is 4.73. The lowest BCUT2D eigenvalue weighted by Gasteiger charge is -2.37. The molecule has 0 N–H and O–H groups in total. The summed E-state index contributed by atoms with van der Waals surface area (Å²) in [5, 5.41) is 0. The van der Waals surface area contributed by atoms with Gasteiger partial charge in [-0.2, -0.15) is 0 Å². The number of fused-ring (bicyclic) bond motifs is 1. The Morgan fingerprint density at radius 2 is 1.96 bits per heavy atom. The Morgan fingerprint density at radius 1 is 1.26 bits per heavy atom. The monoisotopic (exact) mass is 317 g/mol. The normalized spacial score (nSPS) is 25.1. The highest BCUT2D eigenvalue weighted by atomic mass is 16.5. The summed E-state index contributed by atoms with van der Waals surface area (Å²) in [6.07, 6.45) is 3.94. The van der Waals surface area contributed by atoms with Crippen LogP contribution < -0.4 is 4.74 Å². The van der Waals surface area contributed by atoms with E-state index in [0.717, 1.165) is 18.6 Å². The molecule has 4 nitrogen and oxygen atoms in total. The molecule has 0 unspecified atom stereocenters. The topological polar surface area (TPSA) is 38.8 Å². The van der Waals surface area contributed by atoms with Gasteiger partial charge in [-0.1, -0.05) is 13.0 Å². The van der Waals surface area contributed by atoms with E-state index in [2.05, 4.69) is 12.1 Å². The number of carbonyl (C=O) groups excluding carboxylic acids is 1. The molecule has 4 heteroatoms. The van der Waals surface area contributed by atoms with E-state index in [4.69, 9.17) is 9.47 Å². The Bertz CT molecular complexity index is 562. The van der Waals surface area contributed by atoms with Crippen LogP contribution in [0.1, 0.15) is 44.7 Å². The molecule has 1 aliphatic heterocycles. The van der Waals surface area contributed by atoms with Crippen molar-refractivity contribution in [2.75, 3.05) is 13.1 Å². The number of hydrogen-bond acceptors (Lipinski definition) is 3. The standard InChI is InChI=1S/C19H27NO3/c1-4-18(19(21)20-11-13(2)22-14(3)12-20)23-17-9-8-15-6-5-7-16(15)10-17/h8-10,13-14,18H,4-7,11-12H2,1-3H3/t13-,14+,18-/m0/s1. The van der Waals surface area contributed by atoms with Crippen molar-refractivity contribution in [2.45, 2.75) is 64.8 Å². The number of hydrogen-bond donors (Lipinski definition) is 0. The summed E-state index contributed by atoms with van der Waals surface area (Å²) in [6.45, 7) is 7.32. The highest BCUT2D eigenvalue weighted by Crippen LogP contribution is 2.27. The fraction of sp³-hybridized carbons (Fsp3) is 0.632. The van der Waals surface area contributed by atoms with Crippen LogP contribution >= 0.6 is 0 Å². The fourth-order valence-corrected chi connectivity index (χ4v) is 3.66. The van der Waals surface area contributed by atoms with Crippen molar-refractivity contribution in [3.63, 3.8) is 0 Å². The van der Waals surface area contributed by atoms with Crippen LogP contribution in [0.3, 0.4) is 0 Å². The van der Waals surface area contributed by atoms with Crippen molar-refractivity contribution in [3.05, 3.63) is 29.3 Å². The van der Waals surface area contributed by atoms with Crippen molar-refractivity contribution in [2.24, 2.45) is 0 Å². The van der Waals surface area contributed by atoms with Gasteiger partial charge in [0.25, 0.3) is 5.91 Å². The van der Waals surface area contributed by atoms with Gasteiger partial charge in [-0.05, 0) is 62.8 Å². The molecule has 3 atom stereocenters. The van der Waals surface area contributed by atoms with Crippen molar-refractivity contribution >= 4 is 5.91 Å². The second-order valence-electron chi connectivity index (χ2n) is 6.80. The smallest absolute Gasteiger partial charge is 0.263 e. The maximum atomic E-state index is 12.8. The molecule has 1 fully saturated rings. The van der Waals surface area contributed by atoms with Gasteiger partial charge in [0.05, 0.1) is 12.2 Å². The van der Waals surface area contributed by atoms with Crippen molar-refractivity contribution in [1.29, 1.82) is 0 Å². The number of ether oxygens (including phenoxy) is 2. The first kappa shape index (κ1) is 16.3. The number of rotatable bonds is 4. The molecule has 126 valence electrons. The Morgan fingerprint density at radius 3 is 2.65 bits per heavy atom. The summed E-state index contributed by atoms with van der Waals surface area (Å²) in [5.41, 5.74) is 2.80. The number of nitrogens with zero attached hydrogens (tertiary/aromatic N) is 1. The van der Waals surface area contributed by atoms with E-state index in [9.17, 15) is 4.79 Å². The average Bonchev–Trinajstić information content (AvgIpc) is 2.98. The minimum Gasteiger partial charge on any atom is -0.481 e. The van der Waals surface area contributed by atoms with E-state index in [1.165, 1.54) is 17.5 Å². The average molecular weight is 317 g/mol. The summed E-state index contributed by atoms with van der Waals surface area (Å²) in [5.74, 6) is 0.898. The molecular formula is C19H27NO3. The minimum absolute atomic E-state index is 0.0787. The van der Waals surface area contributed by atoms with E-state index in [1.54, 1.807) is 0 Å². The zero-order chi connectivity index (χ0) is 16.4. The zero-order valence-corrected chi connectivity index (χ0v) is 14.4. The Kier molecular flexibility index (Phi) is 4.90. The highest BCUT2D eigenvalue weighted by molar-refractivity contribution is 5.81. The van der Waals surface area contributed by atoms with E-state index in [-0.39, 0.29) is 18.1 Å². The van der Waals surface area contributed by atoms with Gasteiger partial charge in [0.1, 0.15) is 5.75 Å². The van der Waals surface area contributed by atoms with Gasteiger partial charge in [0.2, 0.25) is 0 Å². The molecule has 0 aromatic heterocycles. The van der Waals surface area contributed by atoms with E-state index < -0.39 is 6.10 Å². The Labute approximate surface area is 138 Å². The van der Waals surface area contributed by atoms with E-state index in [1.807, 2.05) is 31.7 Å². The van der Waals surface area contributed by atoms with E-state index in [0.29, 0.717) is 19.5 Å². The quantitative estimate of drug-likeness (QED) is 0.857. The van der Waals surface area contributed by atoms with Gasteiger partial charge in [-0.25, -0.2) is 0 Å². The molecule has 0 bridgehead atoms. The first-order chi connectivity index (χ1) is 11.1. The zero-order valence-electron chi connectivity index (χ0n) is 14.4. The first-order valence-electron chi connectivity index (χ1n) is 8.79. The predicted octanol–water partition coefficient (Wildman–Crippen LogP) is 2.97. The molecule has 0 spiro atoms. The largest absolute Gasteiger partial charge is 0.481 e. The summed E-state index contributed by atoms with van der Waals surface area (Å²) in [4.78, 5) is 14.7. The van der Waals surface area contributed by atoms with Crippen molar-refractivity contribution < 1.29 is 14.3 Å². The third-order valence-electron chi connectivity index (χ3n) is 4.73. The minimum atomic E-state index is -0.410. The summed E-state index contributed by atoms with van der Waals surface area (Å²) in [7, 11) is 0. The van der Waals surface area contributed by atoms with Crippen LogP contribution in [0.4, 0.5) is 0 Å². The number of aryl methyl sites for hydroxylation is 2. The number of amides is 1. The van der Waals surface area contributed by atoms with Gasteiger partial charge in [-0.3, -0.25) is 4.79 Å². The summed E-state index contributed by atoms with van der Waals surface area (Å²) >= 11 is 0. The lowest BCUT2D eigenvalue weighted by atomic mass is 10.1. The summed E-state index contributed by atoms with van der Waals surface area (Å²) < 4.78 is 11.8. The second kappa shape index (κ2) is 6.91. The van der Waals surface area contributed by atoms with Crippen LogP contribution in [0.2, 0.25) is 0 Å². The molecule has 1 aliphatic carbocycles. The van der Waals surface area contributed by atoms with Crippen LogP contribution in [0.25, 0.3) is 0 Å². The van der Waals surface area contributed by atoms with Crippen LogP contribution in [-0.4, -0.2) is 42.2 Å². The molecule has 1 aromatic rings. The van der Waals surface area contributed by atoms with Crippen LogP contribution in [0, 0.1) is 0 Å². The van der Waals surface area contributed by atoms with Gasteiger partial charge in [-0.15, -0.1) is 0 Å². The Balaban J connectivity index is 1.68. The van der Waals surface area contributed by atoms with Crippen molar-refractivity contribution in [1.82, 2.24) is 4.90 Å². The molecule has 1 heterocycles. The molecule has 0 saturated carbocycles. The summed E-state index contributed by atoms with van der Waals surface area (Å²) in [6, 6.07) is 6.27. The first-order valence-corrected chi connectivity index (χ1v) is 8.79. The predicted molar refractivity (Wildman–Crippen MR) is 89.8 cm³/mol. The fourth-order valence-electron chi connectivity index (χ4n) is 3.66. The number of carbonyl (C=O) groups is 1. The molecule has 1 amide bonds. The van der Waals surface area contributed by atoms with E-state index >= 15 is 0 Å². The van der Waals surface area contributed by atoms with Gasteiger partial charge in [0.15, 0.2) is 6.10 Å². The number of benzene rings is 1.